The molecule has 30 heavy (non-hydrogen) atoms. The lowest BCUT2D eigenvalue weighted by atomic mass is 10.1. The van der Waals surface area contributed by atoms with E-state index in [1.54, 1.807) is 6.92 Å². The first-order valence-corrected chi connectivity index (χ1v) is 9.96. The monoisotopic (exact) mass is 412 g/mol. The summed E-state index contributed by atoms with van der Waals surface area (Å²) in [4.78, 5) is 19.1. The van der Waals surface area contributed by atoms with Crippen molar-refractivity contribution in [3.05, 3.63) is 53.7 Å². The van der Waals surface area contributed by atoms with Crippen molar-refractivity contribution in [3.8, 4) is 0 Å². The zero-order valence-electron chi connectivity index (χ0n) is 17.1. The highest BCUT2D eigenvalue weighted by Crippen LogP contribution is 2.18. The van der Waals surface area contributed by atoms with Crippen molar-refractivity contribution >= 4 is 23.4 Å². The van der Waals surface area contributed by atoms with E-state index in [2.05, 4.69) is 20.5 Å². The van der Waals surface area contributed by atoms with Crippen LogP contribution in [0.25, 0.3) is 0 Å². The molecule has 3 rings (SSSR count). The van der Waals surface area contributed by atoms with Crippen LogP contribution in [-0.2, 0) is 9.47 Å². The van der Waals surface area contributed by atoms with Crippen LogP contribution in [0.1, 0.15) is 24.1 Å². The zero-order chi connectivity index (χ0) is 21.3. The molecule has 160 valence electrons. The molecule has 1 atom stereocenters. The highest BCUT2D eigenvalue weighted by Gasteiger charge is 2.20. The summed E-state index contributed by atoms with van der Waals surface area (Å²) in [6.07, 6.45) is 1.42. The van der Waals surface area contributed by atoms with Gasteiger partial charge in [0.1, 0.15) is 5.82 Å². The first-order chi connectivity index (χ1) is 14.6. The Hall–Kier alpha value is -3.17. The van der Waals surface area contributed by atoms with E-state index in [0.29, 0.717) is 43.4 Å². The molecule has 9 heteroatoms. The van der Waals surface area contributed by atoms with E-state index in [1.807, 2.05) is 30.3 Å². The Morgan fingerprint density at radius 1 is 1.33 bits per heavy atom. The Morgan fingerprint density at radius 3 is 2.73 bits per heavy atom. The van der Waals surface area contributed by atoms with Gasteiger partial charge in [-0.2, -0.15) is 0 Å². The van der Waals surface area contributed by atoms with E-state index in [4.69, 9.17) is 20.6 Å². The van der Waals surface area contributed by atoms with Crippen LogP contribution in [0, 0.1) is 5.41 Å². The predicted octanol–water partition coefficient (Wildman–Crippen LogP) is 2.22. The van der Waals surface area contributed by atoms with Crippen molar-refractivity contribution in [1.29, 1.82) is 5.41 Å². The molecule has 0 bridgehead atoms. The van der Waals surface area contributed by atoms with Gasteiger partial charge in [-0.05, 0) is 12.5 Å². The average molecular weight is 412 g/mol. The van der Waals surface area contributed by atoms with Crippen LogP contribution in [0.5, 0.6) is 0 Å². The van der Waals surface area contributed by atoms with Gasteiger partial charge < -0.3 is 20.5 Å². The molecule has 1 aliphatic heterocycles. The van der Waals surface area contributed by atoms with Gasteiger partial charge >= 0.3 is 6.03 Å². The quantitative estimate of drug-likeness (QED) is 0.408. The maximum absolute atomic E-state index is 12.7. The van der Waals surface area contributed by atoms with E-state index in [-0.39, 0.29) is 18.0 Å². The molecular weight excluding hydrogens is 384 g/mol. The second-order valence-corrected chi connectivity index (χ2v) is 6.89. The maximum atomic E-state index is 12.7. The van der Waals surface area contributed by atoms with Crippen LogP contribution >= 0.6 is 0 Å². The summed E-state index contributed by atoms with van der Waals surface area (Å²) < 4.78 is 10.6. The number of benzene rings is 1. The Labute approximate surface area is 176 Å². The Morgan fingerprint density at radius 2 is 2.07 bits per heavy atom. The van der Waals surface area contributed by atoms with Gasteiger partial charge in [0, 0.05) is 37.6 Å². The predicted molar refractivity (Wildman–Crippen MR) is 116 cm³/mol. The molecule has 0 radical (unpaired) electrons. The molecule has 1 aliphatic rings. The van der Waals surface area contributed by atoms with Gasteiger partial charge in [0.05, 0.1) is 31.4 Å². The largest absolute Gasteiger partial charge is 0.478 e. The molecular formula is C21H28N6O3. The SMILES string of the molecule is CCOC(=N)c1cnc(NC(=O)NC(CN2CCOCC2)c2ccccc2)cc1N. The molecule has 9 nitrogen and oxygen atoms in total. The van der Waals surface area contributed by atoms with Gasteiger partial charge in [-0.15, -0.1) is 0 Å². The molecule has 2 amide bonds. The van der Waals surface area contributed by atoms with Crippen molar-refractivity contribution in [1.82, 2.24) is 15.2 Å². The van der Waals surface area contributed by atoms with Crippen LogP contribution < -0.4 is 16.4 Å². The molecule has 1 aromatic heterocycles. The van der Waals surface area contributed by atoms with Crippen LogP contribution in [-0.4, -0.2) is 61.3 Å². The number of carbonyl (C=O) groups is 1. The number of amides is 2. The maximum Gasteiger partial charge on any atom is 0.320 e. The Bertz CT molecular complexity index is 855. The number of hydrogen-bond donors (Lipinski definition) is 4. The van der Waals surface area contributed by atoms with Crippen molar-refractivity contribution in [3.63, 3.8) is 0 Å². The summed E-state index contributed by atoms with van der Waals surface area (Å²) >= 11 is 0. The summed E-state index contributed by atoms with van der Waals surface area (Å²) in [6.45, 7) is 5.89. The number of pyridine rings is 1. The minimum absolute atomic E-state index is 0.0480. The third-order valence-electron chi connectivity index (χ3n) is 4.76. The van der Waals surface area contributed by atoms with Gasteiger partial charge in [-0.1, -0.05) is 30.3 Å². The fraction of sp³-hybridized carbons (Fsp3) is 0.381. The standard InChI is InChI=1S/C21H28N6O3/c1-2-30-20(23)16-13-24-19(12-17(16)22)26-21(28)25-18(15-6-4-3-5-7-15)14-27-8-10-29-11-9-27/h3-7,12-13,18,23H,2,8-11,14H2,1H3,(H4,22,24,25,26,28). The highest BCUT2D eigenvalue weighted by molar-refractivity contribution is 5.97. The normalized spacial score (nSPS) is 15.2. The minimum Gasteiger partial charge on any atom is -0.478 e. The van der Waals surface area contributed by atoms with Gasteiger partial charge in [0.2, 0.25) is 5.90 Å². The second-order valence-electron chi connectivity index (χ2n) is 6.89. The first kappa shape index (κ1) is 21.5. The lowest BCUT2D eigenvalue weighted by molar-refractivity contribution is 0.0340. The van der Waals surface area contributed by atoms with Crippen LogP contribution in [0.2, 0.25) is 0 Å². The van der Waals surface area contributed by atoms with Crippen LogP contribution in [0.15, 0.2) is 42.6 Å². The molecule has 2 aromatic rings. The zero-order valence-corrected chi connectivity index (χ0v) is 17.1. The minimum atomic E-state index is -0.378. The molecule has 1 unspecified atom stereocenters. The Kier molecular flexibility index (Phi) is 7.58. The smallest absolute Gasteiger partial charge is 0.320 e. The van der Waals surface area contributed by atoms with Gasteiger partial charge in [-0.3, -0.25) is 15.6 Å². The fourth-order valence-corrected chi connectivity index (χ4v) is 3.22. The van der Waals surface area contributed by atoms with E-state index in [1.165, 1.54) is 12.3 Å². The van der Waals surface area contributed by atoms with Gasteiger partial charge in [-0.25, -0.2) is 9.78 Å². The van der Waals surface area contributed by atoms with Crippen molar-refractivity contribution in [2.45, 2.75) is 13.0 Å². The van der Waals surface area contributed by atoms with E-state index < -0.39 is 0 Å². The molecule has 1 aromatic carbocycles. The fourth-order valence-electron chi connectivity index (χ4n) is 3.22. The summed E-state index contributed by atoms with van der Waals surface area (Å²) in [5.74, 6) is 0.254. The summed E-state index contributed by atoms with van der Waals surface area (Å²) in [5.41, 5.74) is 7.71. The number of nitrogen functional groups attached to an aromatic ring is 1. The highest BCUT2D eigenvalue weighted by atomic mass is 16.5. The van der Waals surface area contributed by atoms with E-state index in [0.717, 1.165) is 18.7 Å². The van der Waals surface area contributed by atoms with E-state index in [9.17, 15) is 4.79 Å². The number of nitrogens with zero attached hydrogens (tertiary/aromatic N) is 2. The number of nitrogens with two attached hydrogens (primary N) is 1. The van der Waals surface area contributed by atoms with Crippen LogP contribution in [0.4, 0.5) is 16.3 Å². The first-order valence-electron chi connectivity index (χ1n) is 9.96. The number of hydrogen-bond acceptors (Lipinski definition) is 7. The number of aromatic nitrogens is 1. The third kappa shape index (κ3) is 5.91. The molecule has 1 fully saturated rings. The number of nitrogens with one attached hydrogen (secondary N) is 3. The summed E-state index contributed by atoms with van der Waals surface area (Å²) in [7, 11) is 0. The van der Waals surface area contributed by atoms with Crippen molar-refractivity contribution < 1.29 is 14.3 Å². The van der Waals surface area contributed by atoms with Crippen molar-refractivity contribution in [2.24, 2.45) is 0 Å². The van der Waals surface area contributed by atoms with Gasteiger partial charge in [0.25, 0.3) is 0 Å². The molecule has 0 spiro atoms. The van der Waals surface area contributed by atoms with E-state index >= 15 is 0 Å². The summed E-state index contributed by atoms with van der Waals surface area (Å²) in [6, 6.07) is 10.8. The molecule has 2 heterocycles. The number of carbonyl (C=O) groups excluding carboxylic acids is 1. The molecule has 0 aliphatic carbocycles. The number of urea groups is 1. The molecule has 5 N–H and O–H groups in total. The third-order valence-corrected chi connectivity index (χ3v) is 4.76. The Balaban J connectivity index is 1.66. The molecule has 0 saturated carbocycles. The average Bonchev–Trinajstić information content (AvgIpc) is 2.75. The number of morpholine rings is 1. The number of ether oxygens (including phenoxy) is 2. The lowest BCUT2D eigenvalue weighted by Gasteiger charge is -2.31. The van der Waals surface area contributed by atoms with Crippen LogP contribution in [0.3, 0.4) is 0 Å². The van der Waals surface area contributed by atoms with Crippen molar-refractivity contribution in [2.75, 3.05) is 50.5 Å². The molecule has 1 saturated heterocycles. The number of rotatable bonds is 7. The van der Waals surface area contributed by atoms with Gasteiger partial charge in [0.15, 0.2) is 0 Å². The number of anilines is 2. The topological polar surface area (TPSA) is 126 Å². The second kappa shape index (κ2) is 10.6. The lowest BCUT2D eigenvalue weighted by Crippen LogP contribution is -2.44. The summed E-state index contributed by atoms with van der Waals surface area (Å²) in [5, 5.41) is 13.6.